The van der Waals surface area contributed by atoms with Gasteiger partial charge in [0, 0.05) is 38.9 Å². The number of nitrogens with zero attached hydrogens (tertiary/aromatic N) is 3. The first-order chi connectivity index (χ1) is 26.8. The van der Waals surface area contributed by atoms with E-state index in [0.29, 0.717) is 11.5 Å². The van der Waals surface area contributed by atoms with Crippen LogP contribution in [-0.2, 0) is 0 Å². The molecule has 0 fully saturated rings. The molecule has 6 heteroatoms. The number of pyridine rings is 1. The molecule has 3 aromatic heterocycles. The number of aromatic nitrogens is 1. The second-order valence-electron chi connectivity index (χ2n) is 13.6. The maximum atomic E-state index is 6.18. The summed E-state index contributed by atoms with van der Waals surface area (Å²) in [6, 6.07) is 56.6. The molecule has 0 radical (unpaired) electrons. The highest BCUT2D eigenvalue weighted by Gasteiger charge is 2.25. The van der Waals surface area contributed by atoms with Crippen molar-refractivity contribution in [1.29, 1.82) is 0 Å². The minimum absolute atomic E-state index is 0.344. The molecule has 1 aliphatic rings. The van der Waals surface area contributed by atoms with Crippen LogP contribution in [0.3, 0.4) is 0 Å². The zero-order valence-electron chi connectivity index (χ0n) is 28.9. The summed E-state index contributed by atoms with van der Waals surface area (Å²) in [6.07, 6.45) is 1.41. The molecule has 0 spiro atoms. The third-order valence-corrected chi connectivity index (χ3v) is 10.5. The van der Waals surface area contributed by atoms with Crippen molar-refractivity contribution >= 4 is 66.5 Å². The van der Waals surface area contributed by atoms with Crippen molar-refractivity contribution in [1.82, 2.24) is 10.3 Å². The van der Waals surface area contributed by atoms with Gasteiger partial charge in [-0.05, 0) is 68.9 Å². The number of furan rings is 2. The smallest absolute Gasteiger partial charge is 0.227 e. The molecule has 254 valence electrons. The molecule has 0 aliphatic carbocycles. The summed E-state index contributed by atoms with van der Waals surface area (Å²) in [7, 11) is 0. The van der Waals surface area contributed by atoms with E-state index in [1.54, 1.807) is 6.20 Å². The van der Waals surface area contributed by atoms with Crippen LogP contribution in [0.1, 0.15) is 22.9 Å². The zero-order chi connectivity index (χ0) is 35.6. The van der Waals surface area contributed by atoms with Gasteiger partial charge in [0.15, 0.2) is 5.84 Å². The normalized spacial score (nSPS) is 14.5. The summed E-state index contributed by atoms with van der Waals surface area (Å²) in [5, 5.41) is 10.1. The van der Waals surface area contributed by atoms with Crippen molar-refractivity contribution in [3.63, 3.8) is 0 Å². The van der Waals surface area contributed by atoms with E-state index in [2.05, 4.69) is 113 Å². The molecule has 54 heavy (non-hydrogen) atoms. The molecular weight excluding hydrogens is 665 g/mol. The van der Waals surface area contributed by atoms with Gasteiger partial charge in [-0.25, -0.2) is 15.0 Å². The summed E-state index contributed by atoms with van der Waals surface area (Å²) in [5.41, 5.74) is 10.7. The minimum Gasteiger partial charge on any atom is -0.456 e. The predicted molar refractivity (Wildman–Crippen MR) is 219 cm³/mol. The van der Waals surface area contributed by atoms with E-state index < -0.39 is 0 Å². The van der Waals surface area contributed by atoms with E-state index in [1.165, 1.54) is 0 Å². The maximum Gasteiger partial charge on any atom is 0.227 e. The Bertz CT molecular complexity index is 3140. The van der Waals surface area contributed by atoms with Crippen LogP contribution in [0.4, 0.5) is 0 Å². The highest BCUT2D eigenvalue weighted by molar-refractivity contribution is 6.23. The quantitative estimate of drug-likeness (QED) is 0.195. The molecule has 7 aromatic carbocycles. The molecule has 0 amide bonds. The van der Waals surface area contributed by atoms with Crippen molar-refractivity contribution in [2.24, 2.45) is 9.98 Å². The number of hydrogen-bond acceptors (Lipinski definition) is 6. The maximum absolute atomic E-state index is 6.18. The second kappa shape index (κ2) is 12.1. The topological polar surface area (TPSA) is 75.9 Å². The molecule has 1 unspecified atom stereocenters. The number of aliphatic imine (C=N–C) groups is 2. The van der Waals surface area contributed by atoms with E-state index in [4.69, 9.17) is 18.8 Å². The summed E-state index contributed by atoms with van der Waals surface area (Å²) >= 11 is 0. The summed E-state index contributed by atoms with van der Waals surface area (Å²) in [5.74, 6) is 1.40. The van der Waals surface area contributed by atoms with Gasteiger partial charge in [-0.1, -0.05) is 133 Å². The van der Waals surface area contributed by atoms with Gasteiger partial charge in [-0.15, -0.1) is 0 Å². The number of nitrogens with one attached hydrogen (secondary N) is 1. The van der Waals surface area contributed by atoms with E-state index in [9.17, 15) is 0 Å². The lowest BCUT2D eigenvalue weighted by Gasteiger charge is -2.25. The van der Waals surface area contributed by atoms with E-state index in [0.717, 1.165) is 93.8 Å². The van der Waals surface area contributed by atoms with Gasteiger partial charge in [0.25, 0.3) is 0 Å². The van der Waals surface area contributed by atoms with Crippen LogP contribution < -0.4 is 5.32 Å². The van der Waals surface area contributed by atoms with E-state index >= 15 is 0 Å². The number of amidine groups is 2. The Morgan fingerprint density at radius 2 is 1.06 bits per heavy atom. The SMILES string of the molecule is c1ccc(C2N=C(c3cccc4oc5ncccc5c34)N=C(c3ccc(-c4ccc(-c5cccc6oc7ccccc7c56)cc4)c4ccccc34)N2)cc1. The molecule has 0 saturated heterocycles. The molecule has 0 bridgehead atoms. The van der Waals surface area contributed by atoms with E-state index in [1.807, 2.05) is 60.7 Å². The lowest BCUT2D eigenvalue weighted by Crippen LogP contribution is -2.33. The molecular formula is C48H30N4O2. The van der Waals surface area contributed by atoms with Crippen molar-refractivity contribution in [3.05, 3.63) is 187 Å². The summed E-state index contributed by atoms with van der Waals surface area (Å²) < 4.78 is 12.3. The standard InChI is InChI=1S/C48H30N4O2/c1-2-11-31(12-3-1)45-50-46(52-47(51-45)38-17-9-21-42-44(38)39-18-10-28-49-48(39)54-42)36-27-26-32(34-13-4-5-14-35(34)36)29-22-24-30(25-23-29)33-16-8-20-41-43(33)37-15-6-7-19-40(37)53-41/h1-28,45H,(H,50,51,52). The second-order valence-corrected chi connectivity index (χ2v) is 13.6. The van der Waals surface area contributed by atoms with Crippen LogP contribution in [0.5, 0.6) is 0 Å². The fourth-order valence-corrected chi connectivity index (χ4v) is 7.96. The van der Waals surface area contributed by atoms with Gasteiger partial charge in [-0.2, -0.15) is 0 Å². The number of hydrogen-bond donors (Lipinski definition) is 1. The lowest BCUT2D eigenvalue weighted by molar-refractivity contribution is 0.654. The summed E-state index contributed by atoms with van der Waals surface area (Å²) in [6.45, 7) is 0. The highest BCUT2D eigenvalue weighted by Crippen LogP contribution is 2.39. The Balaban J connectivity index is 1.03. The minimum atomic E-state index is -0.344. The van der Waals surface area contributed by atoms with Gasteiger partial charge in [0.2, 0.25) is 5.71 Å². The Hall–Kier alpha value is -7.31. The largest absolute Gasteiger partial charge is 0.456 e. The van der Waals surface area contributed by atoms with Gasteiger partial charge in [-0.3, -0.25) is 0 Å². The molecule has 6 nitrogen and oxygen atoms in total. The van der Waals surface area contributed by atoms with Crippen molar-refractivity contribution in [2.75, 3.05) is 0 Å². The first-order valence-corrected chi connectivity index (χ1v) is 18.0. The first kappa shape index (κ1) is 30.3. The Morgan fingerprint density at radius 1 is 0.444 bits per heavy atom. The van der Waals surface area contributed by atoms with Crippen molar-refractivity contribution in [2.45, 2.75) is 6.17 Å². The molecule has 0 saturated carbocycles. The molecule has 11 rings (SSSR count). The monoisotopic (exact) mass is 694 g/mol. The van der Waals surface area contributed by atoms with Crippen molar-refractivity contribution in [3.8, 4) is 22.3 Å². The van der Waals surface area contributed by atoms with Crippen molar-refractivity contribution < 1.29 is 8.83 Å². The number of para-hydroxylation sites is 1. The molecule has 1 atom stereocenters. The Kier molecular flexibility index (Phi) is 6.82. The van der Waals surface area contributed by atoms with Gasteiger partial charge < -0.3 is 14.2 Å². The average Bonchev–Trinajstić information content (AvgIpc) is 3.82. The number of rotatable bonds is 5. The van der Waals surface area contributed by atoms with Crippen LogP contribution in [-0.4, -0.2) is 16.7 Å². The van der Waals surface area contributed by atoms with Crippen LogP contribution in [0, 0.1) is 0 Å². The molecule has 10 aromatic rings. The fourth-order valence-electron chi connectivity index (χ4n) is 7.96. The van der Waals surface area contributed by atoms with Crippen LogP contribution in [0.25, 0.3) is 77.0 Å². The van der Waals surface area contributed by atoms with Crippen LogP contribution in [0.2, 0.25) is 0 Å². The van der Waals surface area contributed by atoms with Gasteiger partial charge in [0.1, 0.15) is 28.8 Å². The third-order valence-electron chi connectivity index (χ3n) is 10.5. The highest BCUT2D eigenvalue weighted by atomic mass is 16.3. The number of benzene rings is 7. The first-order valence-electron chi connectivity index (χ1n) is 18.0. The lowest BCUT2D eigenvalue weighted by atomic mass is 9.92. The van der Waals surface area contributed by atoms with E-state index in [-0.39, 0.29) is 6.17 Å². The zero-order valence-corrected chi connectivity index (χ0v) is 28.9. The Labute approximate surface area is 309 Å². The number of fused-ring (bicyclic) bond motifs is 7. The predicted octanol–water partition coefficient (Wildman–Crippen LogP) is 11.9. The Morgan fingerprint density at radius 3 is 1.87 bits per heavy atom. The van der Waals surface area contributed by atoms with Crippen LogP contribution >= 0.6 is 0 Å². The summed E-state index contributed by atoms with van der Waals surface area (Å²) in [4.78, 5) is 14.9. The van der Waals surface area contributed by atoms with Crippen LogP contribution in [0.15, 0.2) is 189 Å². The fraction of sp³-hybridized carbons (Fsp3) is 0.0208. The molecule has 1 aliphatic heterocycles. The van der Waals surface area contributed by atoms with Gasteiger partial charge >= 0.3 is 0 Å². The van der Waals surface area contributed by atoms with Gasteiger partial charge in [0.05, 0.1) is 0 Å². The molecule has 1 N–H and O–H groups in total. The average molecular weight is 695 g/mol. The molecule has 4 heterocycles. The third kappa shape index (κ3) is 4.85.